The van der Waals surface area contributed by atoms with Gasteiger partial charge in [0.15, 0.2) is 0 Å². The van der Waals surface area contributed by atoms with Gasteiger partial charge in [-0.15, -0.1) is 0 Å². The maximum atomic E-state index is 12.6. The summed E-state index contributed by atoms with van der Waals surface area (Å²) in [4.78, 5) is 46.9. The minimum atomic E-state index is -0.741. The van der Waals surface area contributed by atoms with E-state index in [9.17, 15) is 19.2 Å². The van der Waals surface area contributed by atoms with Crippen molar-refractivity contribution < 1.29 is 28.7 Å². The zero-order valence-corrected chi connectivity index (χ0v) is 20.6. The molecule has 0 saturated heterocycles. The third-order valence-corrected chi connectivity index (χ3v) is 4.71. The average molecular weight is 478 g/mol. The molecule has 0 aliphatic rings. The second-order valence-corrected chi connectivity index (χ2v) is 8.99. The average Bonchev–Trinajstić information content (AvgIpc) is 2.78. The fourth-order valence-electron chi connectivity index (χ4n) is 3.02. The van der Waals surface area contributed by atoms with Crippen molar-refractivity contribution in [2.45, 2.75) is 84.0 Å². The second kappa shape index (κ2) is 16.5. The number of alkyl carbamates (subject to hydrolysis) is 2. The Kier molecular flexibility index (Phi) is 14.0. The highest BCUT2D eigenvalue weighted by Crippen LogP contribution is 2.09. The number of hydrogen-bond donors (Lipinski definition) is 3. The lowest BCUT2D eigenvalue weighted by Crippen LogP contribution is -2.48. The molecule has 0 unspecified atom stereocenters. The molecule has 1 rings (SSSR count). The van der Waals surface area contributed by atoms with Crippen LogP contribution in [-0.2, 0) is 25.7 Å². The molecule has 0 aliphatic heterocycles. The Morgan fingerprint density at radius 2 is 1.59 bits per heavy atom. The van der Waals surface area contributed by atoms with E-state index in [4.69, 9.17) is 9.47 Å². The third-order valence-electron chi connectivity index (χ3n) is 4.71. The number of amides is 3. The summed E-state index contributed by atoms with van der Waals surface area (Å²) >= 11 is 0. The number of aldehydes is 1. The largest absolute Gasteiger partial charge is 0.445 e. The third kappa shape index (κ3) is 14.9. The van der Waals surface area contributed by atoms with Crippen molar-refractivity contribution in [2.24, 2.45) is 0 Å². The first-order valence-electron chi connectivity index (χ1n) is 11.9. The van der Waals surface area contributed by atoms with Gasteiger partial charge in [0.1, 0.15) is 24.5 Å². The van der Waals surface area contributed by atoms with Gasteiger partial charge < -0.3 is 30.2 Å². The topological polar surface area (TPSA) is 123 Å². The number of carbonyl (C=O) groups excluding carboxylic acids is 4. The van der Waals surface area contributed by atoms with E-state index in [1.54, 1.807) is 20.8 Å². The highest BCUT2D eigenvalue weighted by molar-refractivity contribution is 5.85. The molecule has 190 valence electrons. The number of nitrogens with one attached hydrogen (secondary N) is 3. The fraction of sp³-hybridized carbons (Fsp3) is 0.600. The highest BCUT2D eigenvalue weighted by atomic mass is 16.6. The van der Waals surface area contributed by atoms with E-state index in [1.165, 1.54) is 0 Å². The lowest BCUT2D eigenvalue weighted by molar-refractivity contribution is -0.123. The highest BCUT2D eigenvalue weighted by Gasteiger charge is 2.23. The fourth-order valence-corrected chi connectivity index (χ4v) is 3.02. The smallest absolute Gasteiger partial charge is 0.408 e. The Bertz CT molecular complexity index is 749. The lowest BCUT2D eigenvalue weighted by atomic mass is 10.1. The number of hydrogen-bond acceptors (Lipinski definition) is 6. The molecule has 34 heavy (non-hydrogen) atoms. The molecule has 1 atom stereocenters. The van der Waals surface area contributed by atoms with Crippen LogP contribution in [0.5, 0.6) is 0 Å². The Labute approximate surface area is 202 Å². The zero-order chi connectivity index (χ0) is 25.2. The van der Waals surface area contributed by atoms with Crippen LogP contribution in [0.25, 0.3) is 0 Å². The first-order valence-corrected chi connectivity index (χ1v) is 11.9. The predicted molar refractivity (Wildman–Crippen MR) is 129 cm³/mol. The molecule has 0 saturated carbocycles. The minimum absolute atomic E-state index is 0.198. The summed E-state index contributed by atoms with van der Waals surface area (Å²) in [5, 5.41) is 8.16. The molecule has 0 heterocycles. The molecule has 3 amide bonds. The van der Waals surface area contributed by atoms with Gasteiger partial charge in [0.25, 0.3) is 0 Å². The maximum absolute atomic E-state index is 12.6. The minimum Gasteiger partial charge on any atom is -0.445 e. The first kappa shape index (κ1) is 28.9. The van der Waals surface area contributed by atoms with Gasteiger partial charge in [-0.2, -0.15) is 0 Å². The number of rotatable bonds is 15. The van der Waals surface area contributed by atoms with Crippen LogP contribution >= 0.6 is 0 Å². The van der Waals surface area contributed by atoms with Crippen LogP contribution in [0.3, 0.4) is 0 Å². The van der Waals surface area contributed by atoms with Crippen molar-refractivity contribution in [1.29, 1.82) is 0 Å². The first-order chi connectivity index (χ1) is 16.2. The van der Waals surface area contributed by atoms with E-state index < -0.39 is 23.8 Å². The second-order valence-electron chi connectivity index (χ2n) is 8.99. The van der Waals surface area contributed by atoms with Crippen LogP contribution in [0.1, 0.15) is 71.3 Å². The van der Waals surface area contributed by atoms with Gasteiger partial charge in [0.05, 0.1) is 0 Å². The van der Waals surface area contributed by atoms with E-state index in [0.717, 1.165) is 31.1 Å². The van der Waals surface area contributed by atoms with Gasteiger partial charge in [-0.05, 0) is 58.4 Å². The van der Waals surface area contributed by atoms with Crippen LogP contribution in [-0.4, -0.2) is 49.1 Å². The molecule has 0 aromatic heterocycles. The van der Waals surface area contributed by atoms with Crippen molar-refractivity contribution >= 4 is 24.4 Å². The summed E-state index contributed by atoms with van der Waals surface area (Å²) < 4.78 is 10.4. The van der Waals surface area contributed by atoms with Crippen molar-refractivity contribution in [3.63, 3.8) is 0 Å². The lowest BCUT2D eigenvalue weighted by Gasteiger charge is -2.23. The molecular weight excluding hydrogens is 438 g/mol. The Morgan fingerprint density at radius 3 is 2.26 bits per heavy atom. The van der Waals surface area contributed by atoms with Gasteiger partial charge in [-0.3, -0.25) is 4.79 Å². The molecule has 1 aromatic rings. The maximum Gasteiger partial charge on any atom is 0.408 e. The van der Waals surface area contributed by atoms with E-state index in [2.05, 4.69) is 16.0 Å². The van der Waals surface area contributed by atoms with E-state index in [-0.39, 0.29) is 12.5 Å². The normalized spacial score (nSPS) is 11.7. The molecule has 0 spiro atoms. The van der Waals surface area contributed by atoms with E-state index >= 15 is 0 Å². The van der Waals surface area contributed by atoms with Gasteiger partial charge in [0, 0.05) is 19.5 Å². The summed E-state index contributed by atoms with van der Waals surface area (Å²) in [7, 11) is 0. The van der Waals surface area contributed by atoms with Crippen LogP contribution in [0.2, 0.25) is 0 Å². The molecule has 1 aromatic carbocycles. The summed E-state index contributed by atoms with van der Waals surface area (Å²) in [6, 6.07) is 8.66. The van der Waals surface area contributed by atoms with Gasteiger partial charge in [-0.25, -0.2) is 9.59 Å². The summed E-state index contributed by atoms with van der Waals surface area (Å²) in [5.74, 6) is -0.281. The van der Waals surface area contributed by atoms with Gasteiger partial charge in [0.2, 0.25) is 5.91 Å². The van der Waals surface area contributed by atoms with Gasteiger partial charge >= 0.3 is 12.2 Å². The van der Waals surface area contributed by atoms with Crippen LogP contribution < -0.4 is 16.0 Å². The number of benzene rings is 1. The monoisotopic (exact) mass is 477 g/mol. The number of ether oxygens (including phenoxy) is 2. The molecular formula is C25H39N3O6. The van der Waals surface area contributed by atoms with Gasteiger partial charge in [-0.1, -0.05) is 36.8 Å². The van der Waals surface area contributed by atoms with Crippen LogP contribution in [0.15, 0.2) is 30.3 Å². The Hall–Kier alpha value is -3.10. The molecule has 0 bridgehead atoms. The summed E-state index contributed by atoms with van der Waals surface area (Å²) in [6.45, 7) is 6.32. The van der Waals surface area contributed by atoms with Crippen molar-refractivity contribution in [3.05, 3.63) is 35.9 Å². The van der Waals surface area contributed by atoms with Crippen molar-refractivity contribution in [1.82, 2.24) is 16.0 Å². The van der Waals surface area contributed by atoms with Crippen LogP contribution in [0.4, 0.5) is 9.59 Å². The molecule has 9 heteroatoms. The SMILES string of the molecule is CC(C)(C)OC(=O)N[C@@H](CCCCNC(=O)OCc1ccccc1)C(=O)NCCCCCC=O. The summed E-state index contributed by atoms with van der Waals surface area (Å²) in [6.07, 6.45) is 4.26. The number of carbonyl (C=O) groups is 4. The van der Waals surface area contributed by atoms with Crippen molar-refractivity contribution in [3.8, 4) is 0 Å². The predicted octanol–water partition coefficient (Wildman–Crippen LogP) is 3.85. The van der Waals surface area contributed by atoms with Crippen LogP contribution in [0, 0.1) is 0 Å². The number of unbranched alkanes of at least 4 members (excludes halogenated alkanes) is 4. The molecule has 0 aliphatic carbocycles. The molecule has 3 N–H and O–H groups in total. The molecule has 9 nitrogen and oxygen atoms in total. The standard InChI is InChI=1S/C25H39N3O6/c1-25(2,3)34-24(32)28-21(22(30)26-16-10-4-5-12-18-29)15-9-11-17-27-23(31)33-19-20-13-7-6-8-14-20/h6-8,13-14,18,21H,4-5,9-12,15-17,19H2,1-3H3,(H,26,30)(H,27,31)(H,28,32)/t21-/m0/s1. The molecule has 0 radical (unpaired) electrons. The van der Waals surface area contributed by atoms with E-state index in [0.29, 0.717) is 38.8 Å². The Balaban J connectivity index is 2.38. The Morgan fingerprint density at radius 1 is 0.912 bits per heavy atom. The molecule has 0 fully saturated rings. The summed E-state index contributed by atoms with van der Waals surface area (Å²) in [5.41, 5.74) is 0.233. The quantitative estimate of drug-likeness (QED) is 0.260. The van der Waals surface area contributed by atoms with Crippen molar-refractivity contribution in [2.75, 3.05) is 13.1 Å². The van der Waals surface area contributed by atoms with E-state index in [1.807, 2.05) is 30.3 Å². The zero-order valence-electron chi connectivity index (χ0n) is 20.6.